The molecule has 2 unspecified atom stereocenters. The zero-order valence-electron chi connectivity index (χ0n) is 19.3. The molecule has 1 saturated heterocycles. The van der Waals surface area contributed by atoms with Gasteiger partial charge < -0.3 is 15.2 Å². The first-order valence-electron chi connectivity index (χ1n) is 11.2. The van der Waals surface area contributed by atoms with Gasteiger partial charge in [-0.2, -0.15) is 4.39 Å². The number of carbonyl (C=O) groups is 2. The van der Waals surface area contributed by atoms with Gasteiger partial charge in [-0.25, -0.2) is 5.48 Å². The summed E-state index contributed by atoms with van der Waals surface area (Å²) in [5.74, 6) is 3.08. The fraction of sp³-hybridized carbons (Fsp3) is 0.308. The van der Waals surface area contributed by atoms with E-state index < -0.39 is 29.8 Å². The number of benzene rings is 2. The molecule has 0 aliphatic carbocycles. The Morgan fingerprint density at radius 1 is 1.14 bits per heavy atom. The van der Waals surface area contributed by atoms with Crippen molar-refractivity contribution >= 4 is 17.9 Å². The van der Waals surface area contributed by atoms with Crippen LogP contribution in [0, 0.1) is 11.8 Å². The van der Waals surface area contributed by atoms with E-state index in [2.05, 4.69) is 22.1 Å². The number of nitrogens with zero attached hydrogens (tertiary/aromatic N) is 1. The summed E-state index contributed by atoms with van der Waals surface area (Å²) in [7, 11) is 0. The van der Waals surface area contributed by atoms with Crippen LogP contribution in [0.3, 0.4) is 0 Å². The standard InChI is InChI=1S/C26H28FN3O5/c1-18(31)24(26(33)29-34)28-25(32)22-9-6-20(7-10-22)16-23(27)11-8-19-2-4-21(5-3-19)17-30-12-14-35-15-13-30/h2-7,9-10,16,18,24,31,34H,12-15,17H2,1H3,(H,28,32)(H,29,33). The van der Waals surface area contributed by atoms with E-state index in [1.807, 2.05) is 24.3 Å². The smallest absolute Gasteiger partial charge is 0.268 e. The van der Waals surface area contributed by atoms with Gasteiger partial charge in [0.15, 0.2) is 5.83 Å². The largest absolute Gasteiger partial charge is 0.391 e. The van der Waals surface area contributed by atoms with Crippen LogP contribution in [0.1, 0.15) is 34.0 Å². The highest BCUT2D eigenvalue weighted by Crippen LogP contribution is 2.12. The van der Waals surface area contributed by atoms with Crippen LogP contribution in [-0.4, -0.2) is 65.5 Å². The molecule has 0 radical (unpaired) electrons. The van der Waals surface area contributed by atoms with Gasteiger partial charge in [-0.1, -0.05) is 30.2 Å². The molecule has 1 aliphatic heterocycles. The van der Waals surface area contributed by atoms with Gasteiger partial charge >= 0.3 is 0 Å². The molecule has 4 N–H and O–H groups in total. The summed E-state index contributed by atoms with van der Waals surface area (Å²) >= 11 is 0. The van der Waals surface area contributed by atoms with Crippen molar-refractivity contribution in [2.75, 3.05) is 26.3 Å². The molecule has 1 heterocycles. The van der Waals surface area contributed by atoms with E-state index in [1.165, 1.54) is 42.7 Å². The summed E-state index contributed by atoms with van der Waals surface area (Å²) in [6, 6.07) is 12.3. The number of hydrogen-bond donors (Lipinski definition) is 4. The number of aliphatic hydroxyl groups excluding tert-OH is 1. The number of nitrogens with one attached hydrogen (secondary N) is 2. The Kier molecular flexibility index (Phi) is 9.52. The first-order chi connectivity index (χ1) is 16.9. The predicted octanol–water partition coefficient (Wildman–Crippen LogP) is 1.87. The number of hydroxylamine groups is 1. The maximum absolute atomic E-state index is 14.3. The van der Waals surface area contributed by atoms with E-state index in [0.717, 1.165) is 38.4 Å². The van der Waals surface area contributed by atoms with Crippen LogP contribution in [0.15, 0.2) is 54.4 Å². The molecule has 0 aromatic heterocycles. The zero-order chi connectivity index (χ0) is 25.2. The van der Waals surface area contributed by atoms with Gasteiger partial charge in [0.1, 0.15) is 6.04 Å². The molecule has 2 amide bonds. The highest BCUT2D eigenvalue weighted by molar-refractivity contribution is 5.97. The highest BCUT2D eigenvalue weighted by atomic mass is 19.1. The first kappa shape index (κ1) is 26.1. The maximum Gasteiger partial charge on any atom is 0.268 e. The Balaban J connectivity index is 1.58. The minimum absolute atomic E-state index is 0.196. The minimum Gasteiger partial charge on any atom is -0.391 e. The zero-order valence-corrected chi connectivity index (χ0v) is 19.3. The monoisotopic (exact) mass is 481 g/mol. The lowest BCUT2D eigenvalue weighted by Gasteiger charge is -2.26. The Morgan fingerprint density at radius 2 is 1.80 bits per heavy atom. The van der Waals surface area contributed by atoms with E-state index in [1.54, 1.807) is 0 Å². The molecule has 1 aliphatic rings. The summed E-state index contributed by atoms with van der Waals surface area (Å²) in [5, 5.41) is 20.7. The molecule has 1 fully saturated rings. The van der Waals surface area contributed by atoms with Crippen LogP contribution in [0.4, 0.5) is 4.39 Å². The average molecular weight is 482 g/mol. The van der Waals surface area contributed by atoms with Gasteiger partial charge in [0, 0.05) is 30.8 Å². The molecular formula is C26H28FN3O5. The van der Waals surface area contributed by atoms with Crippen molar-refractivity contribution in [1.82, 2.24) is 15.7 Å². The van der Waals surface area contributed by atoms with Crippen molar-refractivity contribution in [3.63, 3.8) is 0 Å². The van der Waals surface area contributed by atoms with E-state index >= 15 is 0 Å². The van der Waals surface area contributed by atoms with E-state index in [0.29, 0.717) is 11.1 Å². The van der Waals surface area contributed by atoms with Gasteiger partial charge in [0.2, 0.25) is 0 Å². The molecule has 0 spiro atoms. The summed E-state index contributed by atoms with van der Waals surface area (Å²) in [6.45, 7) is 5.46. The summed E-state index contributed by atoms with van der Waals surface area (Å²) in [4.78, 5) is 26.2. The van der Waals surface area contributed by atoms with Crippen LogP contribution in [0.25, 0.3) is 6.08 Å². The second kappa shape index (κ2) is 12.8. The third-order valence-electron chi connectivity index (χ3n) is 5.42. The molecule has 35 heavy (non-hydrogen) atoms. The van der Waals surface area contributed by atoms with E-state index in [4.69, 9.17) is 9.94 Å². The van der Waals surface area contributed by atoms with Crippen LogP contribution in [-0.2, 0) is 16.1 Å². The maximum atomic E-state index is 14.3. The molecule has 2 atom stereocenters. The van der Waals surface area contributed by atoms with Crippen LogP contribution in [0.5, 0.6) is 0 Å². The third kappa shape index (κ3) is 8.02. The SMILES string of the molecule is CC(O)C(NC(=O)c1ccc(C=C(F)C#Cc2ccc(CN3CCOCC3)cc2)cc1)C(=O)NO. The summed E-state index contributed by atoms with van der Waals surface area (Å²) in [5.41, 5.74) is 3.95. The minimum atomic E-state index is -1.33. The third-order valence-corrected chi connectivity index (χ3v) is 5.42. The number of rotatable bonds is 7. The summed E-state index contributed by atoms with van der Waals surface area (Å²) in [6.07, 6.45) is 0.0289. The molecular weight excluding hydrogens is 453 g/mol. The number of morpholine rings is 1. The van der Waals surface area contributed by atoms with Gasteiger partial charge in [0.05, 0.1) is 19.3 Å². The molecule has 3 rings (SSSR count). The second-order valence-corrected chi connectivity index (χ2v) is 8.12. The lowest BCUT2D eigenvalue weighted by atomic mass is 10.1. The number of carbonyl (C=O) groups excluding carboxylic acids is 2. The van der Waals surface area contributed by atoms with E-state index in [9.17, 15) is 19.1 Å². The number of amides is 2. The molecule has 9 heteroatoms. The molecule has 2 aromatic carbocycles. The van der Waals surface area contributed by atoms with Crippen molar-refractivity contribution in [3.8, 4) is 11.8 Å². The number of ether oxygens (including phenoxy) is 1. The highest BCUT2D eigenvalue weighted by Gasteiger charge is 2.25. The summed E-state index contributed by atoms with van der Waals surface area (Å²) < 4.78 is 19.7. The molecule has 8 nitrogen and oxygen atoms in total. The number of hydrogen-bond acceptors (Lipinski definition) is 6. The van der Waals surface area contributed by atoms with Crippen LogP contribution < -0.4 is 10.8 Å². The van der Waals surface area contributed by atoms with Crippen molar-refractivity contribution in [2.45, 2.75) is 25.6 Å². The molecule has 2 aromatic rings. The Labute approximate surface area is 203 Å². The fourth-order valence-electron chi connectivity index (χ4n) is 3.46. The molecule has 0 saturated carbocycles. The normalized spacial score (nSPS) is 15.9. The lowest BCUT2D eigenvalue weighted by Crippen LogP contribution is -2.51. The van der Waals surface area contributed by atoms with Crippen molar-refractivity contribution in [3.05, 3.63) is 76.6 Å². The van der Waals surface area contributed by atoms with Crippen molar-refractivity contribution in [2.24, 2.45) is 0 Å². The van der Waals surface area contributed by atoms with Gasteiger partial charge in [-0.3, -0.25) is 19.7 Å². The van der Waals surface area contributed by atoms with E-state index in [-0.39, 0.29) is 5.56 Å². The second-order valence-electron chi connectivity index (χ2n) is 8.12. The van der Waals surface area contributed by atoms with Gasteiger partial charge in [-0.15, -0.1) is 0 Å². The Hall–Kier alpha value is -3.55. The van der Waals surface area contributed by atoms with Gasteiger partial charge in [0.25, 0.3) is 11.8 Å². The van der Waals surface area contributed by atoms with Crippen LogP contribution in [0.2, 0.25) is 0 Å². The predicted molar refractivity (Wildman–Crippen MR) is 128 cm³/mol. The van der Waals surface area contributed by atoms with Crippen LogP contribution >= 0.6 is 0 Å². The fourth-order valence-corrected chi connectivity index (χ4v) is 3.46. The lowest BCUT2D eigenvalue weighted by molar-refractivity contribution is -0.133. The first-order valence-corrected chi connectivity index (χ1v) is 11.2. The van der Waals surface area contributed by atoms with Gasteiger partial charge in [-0.05, 0) is 54.3 Å². The number of halogens is 1. The van der Waals surface area contributed by atoms with Crippen molar-refractivity contribution < 1.29 is 29.0 Å². The number of aliphatic hydroxyl groups is 1. The topological polar surface area (TPSA) is 111 Å². The Bertz CT molecular complexity index is 1100. The molecule has 0 bridgehead atoms. The average Bonchev–Trinajstić information content (AvgIpc) is 2.87. The quantitative estimate of drug-likeness (QED) is 0.273. The molecule has 184 valence electrons. The number of allylic oxidation sites excluding steroid dienone is 1. The van der Waals surface area contributed by atoms with Crippen molar-refractivity contribution in [1.29, 1.82) is 0 Å². The Morgan fingerprint density at radius 3 is 2.40 bits per heavy atom.